The van der Waals surface area contributed by atoms with E-state index in [0.29, 0.717) is 24.8 Å². The molecule has 0 saturated carbocycles. The molecule has 0 heterocycles. The van der Waals surface area contributed by atoms with Crippen molar-refractivity contribution in [3.8, 4) is 0 Å². The standard InChI is InChI=1S/C18H27F3O2S/c1-17(2,3)24(22,23)14-10-6-4-5-7-11-15-12-8-9-13-16(15)18(19,20)21/h8-9,12-13H,4-7,10-11,14H2,1-3H3. The third-order valence-electron chi connectivity index (χ3n) is 4.11. The molecule has 24 heavy (non-hydrogen) atoms. The van der Waals surface area contributed by atoms with Crippen LogP contribution in [0.1, 0.15) is 64.0 Å². The van der Waals surface area contributed by atoms with E-state index < -0.39 is 26.3 Å². The van der Waals surface area contributed by atoms with Gasteiger partial charge < -0.3 is 0 Å². The average molecular weight is 364 g/mol. The Balaban J connectivity index is 2.32. The number of benzene rings is 1. The first-order chi connectivity index (χ1) is 11.0. The summed E-state index contributed by atoms with van der Waals surface area (Å²) in [6, 6.07) is 5.68. The zero-order valence-corrected chi connectivity index (χ0v) is 15.4. The molecule has 0 fully saturated rings. The maximum atomic E-state index is 12.9. The smallest absolute Gasteiger partial charge is 0.228 e. The van der Waals surface area contributed by atoms with Crippen LogP contribution in [0.2, 0.25) is 0 Å². The molecule has 1 aromatic rings. The van der Waals surface area contributed by atoms with E-state index in [2.05, 4.69) is 0 Å². The monoisotopic (exact) mass is 364 g/mol. The molecule has 6 heteroatoms. The lowest BCUT2D eigenvalue weighted by molar-refractivity contribution is -0.138. The molecule has 2 nitrogen and oxygen atoms in total. The second kappa shape index (κ2) is 8.37. The van der Waals surface area contributed by atoms with Crippen molar-refractivity contribution in [2.24, 2.45) is 0 Å². The van der Waals surface area contributed by atoms with E-state index in [1.807, 2.05) is 0 Å². The molecule has 0 unspecified atom stereocenters. The van der Waals surface area contributed by atoms with Gasteiger partial charge in [-0.1, -0.05) is 37.5 Å². The number of aryl methyl sites for hydroxylation is 1. The number of sulfone groups is 1. The van der Waals surface area contributed by atoms with E-state index in [9.17, 15) is 21.6 Å². The molecular weight excluding hydrogens is 337 g/mol. The van der Waals surface area contributed by atoms with Crippen LogP contribution in [0, 0.1) is 0 Å². The third kappa shape index (κ3) is 6.46. The molecule has 0 radical (unpaired) electrons. The number of unbranched alkanes of at least 4 members (excludes halogenated alkanes) is 4. The fraction of sp³-hybridized carbons (Fsp3) is 0.667. The van der Waals surface area contributed by atoms with Crippen LogP contribution in [-0.4, -0.2) is 18.9 Å². The molecule has 0 aliphatic rings. The Kier molecular flexibility index (Phi) is 7.32. The fourth-order valence-corrected chi connectivity index (χ4v) is 3.66. The van der Waals surface area contributed by atoms with Crippen LogP contribution >= 0.6 is 0 Å². The van der Waals surface area contributed by atoms with Crippen molar-refractivity contribution < 1.29 is 21.6 Å². The molecular formula is C18H27F3O2S. The normalized spacial score (nSPS) is 13.2. The van der Waals surface area contributed by atoms with Crippen molar-refractivity contribution in [2.75, 3.05) is 5.75 Å². The quantitative estimate of drug-likeness (QED) is 0.578. The second-order valence-corrected chi connectivity index (χ2v) is 9.97. The van der Waals surface area contributed by atoms with Crippen LogP contribution in [0.3, 0.4) is 0 Å². The fourth-order valence-electron chi connectivity index (χ4n) is 2.46. The van der Waals surface area contributed by atoms with Gasteiger partial charge in [-0.25, -0.2) is 8.42 Å². The minimum Gasteiger partial charge on any atom is -0.228 e. The molecule has 0 aromatic heterocycles. The highest BCUT2D eigenvalue weighted by molar-refractivity contribution is 7.92. The van der Waals surface area contributed by atoms with Gasteiger partial charge in [0.1, 0.15) is 0 Å². The van der Waals surface area contributed by atoms with Gasteiger partial charge in [-0.3, -0.25) is 0 Å². The van der Waals surface area contributed by atoms with Crippen molar-refractivity contribution in [2.45, 2.75) is 70.2 Å². The predicted octanol–water partition coefficient (Wildman–Crippen LogP) is 5.41. The summed E-state index contributed by atoms with van der Waals surface area (Å²) in [5.74, 6) is 0.174. The van der Waals surface area contributed by atoms with Crippen molar-refractivity contribution in [1.29, 1.82) is 0 Å². The number of rotatable bonds is 8. The number of hydrogen-bond donors (Lipinski definition) is 0. The highest BCUT2D eigenvalue weighted by Crippen LogP contribution is 2.32. The Morgan fingerprint density at radius 3 is 2.00 bits per heavy atom. The summed E-state index contributed by atoms with van der Waals surface area (Å²) in [6.07, 6.45) is -0.183. The molecule has 0 spiro atoms. The molecule has 138 valence electrons. The summed E-state index contributed by atoms with van der Waals surface area (Å²) in [6.45, 7) is 5.08. The van der Waals surface area contributed by atoms with Crippen LogP contribution < -0.4 is 0 Å². The van der Waals surface area contributed by atoms with E-state index in [4.69, 9.17) is 0 Å². The van der Waals surface area contributed by atoms with Crippen LogP contribution in [0.4, 0.5) is 13.2 Å². The van der Waals surface area contributed by atoms with Crippen molar-refractivity contribution >= 4 is 9.84 Å². The first kappa shape index (κ1) is 21.0. The van der Waals surface area contributed by atoms with Crippen LogP contribution in [-0.2, 0) is 22.4 Å². The summed E-state index contributed by atoms with van der Waals surface area (Å²) in [5.41, 5.74) is -0.221. The topological polar surface area (TPSA) is 34.1 Å². The van der Waals surface area contributed by atoms with Gasteiger partial charge in [0.25, 0.3) is 0 Å². The van der Waals surface area contributed by atoms with Gasteiger partial charge in [0.2, 0.25) is 0 Å². The van der Waals surface area contributed by atoms with E-state index >= 15 is 0 Å². The number of hydrogen-bond acceptors (Lipinski definition) is 2. The van der Waals surface area contributed by atoms with Crippen molar-refractivity contribution in [1.82, 2.24) is 0 Å². The summed E-state index contributed by atoms with van der Waals surface area (Å²) in [5, 5.41) is 0. The summed E-state index contributed by atoms with van der Waals surface area (Å²) in [7, 11) is -3.08. The molecule has 1 rings (SSSR count). The van der Waals surface area contributed by atoms with E-state index in [-0.39, 0.29) is 5.75 Å². The maximum absolute atomic E-state index is 12.9. The average Bonchev–Trinajstić information content (AvgIpc) is 2.44. The van der Waals surface area contributed by atoms with Crippen molar-refractivity contribution in [3.05, 3.63) is 35.4 Å². The van der Waals surface area contributed by atoms with Crippen LogP contribution in [0.15, 0.2) is 24.3 Å². The third-order valence-corrected chi connectivity index (χ3v) is 6.81. The first-order valence-corrected chi connectivity index (χ1v) is 9.98. The number of halogens is 3. The largest absolute Gasteiger partial charge is 0.416 e. The van der Waals surface area contributed by atoms with E-state index in [1.54, 1.807) is 26.8 Å². The zero-order chi connectivity index (χ0) is 18.4. The molecule has 0 saturated heterocycles. The Labute approximate surface area is 143 Å². The molecule has 0 amide bonds. The van der Waals surface area contributed by atoms with Gasteiger partial charge in [-0.2, -0.15) is 13.2 Å². The van der Waals surface area contributed by atoms with Gasteiger partial charge in [-0.05, 0) is 51.7 Å². The van der Waals surface area contributed by atoms with E-state index in [1.165, 1.54) is 12.1 Å². The molecule has 1 aromatic carbocycles. The highest BCUT2D eigenvalue weighted by atomic mass is 32.2. The maximum Gasteiger partial charge on any atom is 0.416 e. The summed E-state index contributed by atoms with van der Waals surface area (Å²) < 4.78 is 61.8. The molecule has 0 bridgehead atoms. The molecule has 0 atom stereocenters. The minimum atomic E-state index is -4.31. The Morgan fingerprint density at radius 1 is 0.875 bits per heavy atom. The van der Waals surface area contributed by atoms with E-state index in [0.717, 1.165) is 25.3 Å². The lowest BCUT2D eigenvalue weighted by Crippen LogP contribution is -2.30. The lowest BCUT2D eigenvalue weighted by Gasteiger charge is -2.18. The SMILES string of the molecule is CC(C)(C)S(=O)(=O)CCCCCCCc1ccccc1C(F)(F)F. The van der Waals surface area contributed by atoms with Crippen molar-refractivity contribution in [3.63, 3.8) is 0 Å². The molecule has 0 N–H and O–H groups in total. The molecule has 0 aliphatic carbocycles. The van der Waals surface area contributed by atoms with Gasteiger partial charge in [0.15, 0.2) is 9.84 Å². The first-order valence-electron chi connectivity index (χ1n) is 8.32. The van der Waals surface area contributed by atoms with Gasteiger partial charge in [-0.15, -0.1) is 0 Å². The minimum absolute atomic E-state index is 0.174. The van der Waals surface area contributed by atoms with Crippen LogP contribution in [0.25, 0.3) is 0 Å². The highest BCUT2D eigenvalue weighted by Gasteiger charge is 2.32. The van der Waals surface area contributed by atoms with Gasteiger partial charge in [0.05, 0.1) is 16.1 Å². The Hall–Kier alpha value is -1.04. The Morgan fingerprint density at radius 2 is 1.42 bits per heavy atom. The number of alkyl halides is 3. The zero-order valence-electron chi connectivity index (χ0n) is 14.6. The lowest BCUT2D eigenvalue weighted by atomic mass is 10.0. The second-order valence-electron chi connectivity index (χ2n) is 7.10. The summed E-state index contributed by atoms with van der Waals surface area (Å²) in [4.78, 5) is 0. The summed E-state index contributed by atoms with van der Waals surface area (Å²) >= 11 is 0. The van der Waals surface area contributed by atoms with Crippen LogP contribution in [0.5, 0.6) is 0 Å². The Bertz CT molecular complexity index is 614. The van der Waals surface area contributed by atoms with Gasteiger partial charge in [0, 0.05) is 0 Å². The molecule has 0 aliphatic heterocycles. The predicted molar refractivity (Wildman–Crippen MR) is 91.8 cm³/mol. The van der Waals surface area contributed by atoms with Gasteiger partial charge >= 0.3 is 6.18 Å².